The van der Waals surface area contributed by atoms with Crippen molar-refractivity contribution in [2.45, 2.75) is 37.6 Å². The van der Waals surface area contributed by atoms with E-state index in [-0.39, 0.29) is 11.8 Å². The van der Waals surface area contributed by atoms with E-state index in [2.05, 4.69) is 5.32 Å². The molecule has 94 valence electrons. The molecule has 1 unspecified atom stereocenters. The number of fused-ring (bicyclic) bond motifs is 1. The molecule has 1 N–H and O–H groups in total. The van der Waals surface area contributed by atoms with Crippen LogP contribution < -0.4 is 5.32 Å². The van der Waals surface area contributed by atoms with Crippen LogP contribution in [0.25, 0.3) is 0 Å². The summed E-state index contributed by atoms with van der Waals surface area (Å²) < 4.78 is 24.6. The van der Waals surface area contributed by atoms with E-state index < -0.39 is 9.84 Å². The van der Waals surface area contributed by atoms with Gasteiger partial charge in [-0.2, -0.15) is 0 Å². The Morgan fingerprint density at radius 3 is 2.53 bits per heavy atom. The SMILES string of the molecule is CNC1CCCS(=O)(=O)c2c(C)ccc(C)c21. The van der Waals surface area contributed by atoms with Crippen LogP contribution in [0.3, 0.4) is 0 Å². The molecule has 1 aromatic rings. The van der Waals surface area contributed by atoms with Crippen molar-refractivity contribution in [3.05, 3.63) is 28.8 Å². The maximum Gasteiger partial charge on any atom is 0.178 e. The number of benzene rings is 1. The van der Waals surface area contributed by atoms with Crippen LogP contribution in [0.4, 0.5) is 0 Å². The normalized spacial score (nSPS) is 22.9. The minimum Gasteiger partial charge on any atom is -0.313 e. The van der Waals surface area contributed by atoms with Crippen molar-refractivity contribution in [3.63, 3.8) is 0 Å². The third-order valence-electron chi connectivity index (χ3n) is 3.52. The molecule has 4 heteroatoms. The summed E-state index contributed by atoms with van der Waals surface area (Å²) in [5.41, 5.74) is 2.91. The summed E-state index contributed by atoms with van der Waals surface area (Å²) in [5, 5.41) is 3.24. The minimum atomic E-state index is -3.11. The zero-order valence-electron chi connectivity index (χ0n) is 10.6. The molecule has 0 amide bonds. The van der Waals surface area contributed by atoms with Crippen molar-refractivity contribution in [1.82, 2.24) is 5.32 Å². The smallest absolute Gasteiger partial charge is 0.178 e. The van der Waals surface area contributed by atoms with E-state index in [4.69, 9.17) is 0 Å². The van der Waals surface area contributed by atoms with Crippen LogP contribution >= 0.6 is 0 Å². The lowest BCUT2D eigenvalue weighted by Crippen LogP contribution is -2.18. The predicted octanol–water partition coefficient (Wildman–Crippen LogP) is 2.13. The maximum atomic E-state index is 12.3. The van der Waals surface area contributed by atoms with Gasteiger partial charge in [-0.15, -0.1) is 0 Å². The Hall–Kier alpha value is -0.870. The van der Waals surface area contributed by atoms with Gasteiger partial charge in [0, 0.05) is 6.04 Å². The predicted molar refractivity (Wildman–Crippen MR) is 69.0 cm³/mol. The summed E-state index contributed by atoms with van der Waals surface area (Å²) in [4.78, 5) is 0.564. The summed E-state index contributed by atoms with van der Waals surface area (Å²) in [6.45, 7) is 3.87. The van der Waals surface area contributed by atoms with E-state index in [9.17, 15) is 8.42 Å². The van der Waals surface area contributed by atoms with Crippen LogP contribution in [-0.2, 0) is 9.84 Å². The van der Waals surface area contributed by atoms with E-state index in [1.165, 1.54) is 0 Å². The fraction of sp³-hybridized carbons (Fsp3) is 0.538. The Balaban J connectivity index is 2.78. The van der Waals surface area contributed by atoms with E-state index in [1.54, 1.807) is 0 Å². The van der Waals surface area contributed by atoms with Crippen molar-refractivity contribution in [3.8, 4) is 0 Å². The number of hydrogen-bond acceptors (Lipinski definition) is 3. The number of rotatable bonds is 1. The molecule has 0 fully saturated rings. The lowest BCUT2D eigenvalue weighted by atomic mass is 9.96. The molecule has 1 heterocycles. The van der Waals surface area contributed by atoms with E-state index >= 15 is 0 Å². The largest absolute Gasteiger partial charge is 0.313 e. The van der Waals surface area contributed by atoms with Gasteiger partial charge in [-0.05, 0) is 50.4 Å². The molecule has 0 saturated heterocycles. The van der Waals surface area contributed by atoms with Gasteiger partial charge in [-0.3, -0.25) is 0 Å². The highest BCUT2D eigenvalue weighted by Crippen LogP contribution is 2.35. The third kappa shape index (κ3) is 2.11. The van der Waals surface area contributed by atoms with Gasteiger partial charge in [0.1, 0.15) is 0 Å². The molecule has 0 bridgehead atoms. The molecular formula is C13H19NO2S. The first-order chi connectivity index (χ1) is 7.97. The van der Waals surface area contributed by atoms with Gasteiger partial charge in [0.25, 0.3) is 0 Å². The molecule has 1 atom stereocenters. The van der Waals surface area contributed by atoms with Crippen molar-refractivity contribution < 1.29 is 8.42 Å². The first-order valence-corrected chi connectivity index (χ1v) is 7.62. The first-order valence-electron chi connectivity index (χ1n) is 5.97. The van der Waals surface area contributed by atoms with Crippen LogP contribution in [0, 0.1) is 13.8 Å². The number of aryl methyl sites for hydroxylation is 2. The second-order valence-electron chi connectivity index (χ2n) is 4.74. The number of hydrogen-bond donors (Lipinski definition) is 1. The van der Waals surface area contributed by atoms with Gasteiger partial charge in [-0.25, -0.2) is 8.42 Å². The third-order valence-corrected chi connectivity index (χ3v) is 5.51. The van der Waals surface area contributed by atoms with Gasteiger partial charge >= 0.3 is 0 Å². The van der Waals surface area contributed by atoms with Crippen LogP contribution in [-0.4, -0.2) is 21.2 Å². The second kappa shape index (κ2) is 4.42. The van der Waals surface area contributed by atoms with E-state index in [1.807, 2.05) is 33.0 Å². The highest BCUT2D eigenvalue weighted by Gasteiger charge is 2.29. The molecule has 1 aromatic carbocycles. The summed E-state index contributed by atoms with van der Waals surface area (Å²) in [6.07, 6.45) is 1.61. The Bertz CT molecular complexity index is 535. The van der Waals surface area contributed by atoms with E-state index in [0.29, 0.717) is 4.90 Å². The molecule has 0 saturated carbocycles. The quantitative estimate of drug-likeness (QED) is 0.834. The van der Waals surface area contributed by atoms with Gasteiger partial charge in [-0.1, -0.05) is 12.1 Å². The lowest BCUT2D eigenvalue weighted by Gasteiger charge is -2.20. The lowest BCUT2D eigenvalue weighted by molar-refractivity contribution is 0.538. The maximum absolute atomic E-state index is 12.3. The molecule has 1 aliphatic heterocycles. The molecule has 3 nitrogen and oxygen atoms in total. The first kappa shape index (κ1) is 12.6. The number of nitrogens with one attached hydrogen (secondary N) is 1. The minimum absolute atomic E-state index is 0.155. The average molecular weight is 253 g/mol. The molecule has 0 radical (unpaired) electrons. The molecule has 0 aliphatic carbocycles. The standard InChI is InChI=1S/C13H19NO2S/c1-9-6-7-10(2)13-12(9)11(14-3)5-4-8-17(13,15)16/h6-7,11,14H,4-5,8H2,1-3H3. The Morgan fingerprint density at radius 2 is 1.88 bits per heavy atom. The van der Waals surface area contributed by atoms with Crippen LogP contribution in [0.2, 0.25) is 0 Å². The molecule has 0 aromatic heterocycles. The average Bonchev–Trinajstić information content (AvgIpc) is 2.40. The van der Waals surface area contributed by atoms with Crippen LogP contribution in [0.1, 0.15) is 35.6 Å². The van der Waals surface area contributed by atoms with Crippen molar-refractivity contribution >= 4 is 9.84 Å². The Kier molecular flexibility index (Phi) is 3.27. The zero-order valence-corrected chi connectivity index (χ0v) is 11.4. The zero-order chi connectivity index (χ0) is 12.6. The van der Waals surface area contributed by atoms with E-state index in [0.717, 1.165) is 29.5 Å². The fourth-order valence-corrected chi connectivity index (χ4v) is 4.61. The van der Waals surface area contributed by atoms with Gasteiger partial charge in [0.2, 0.25) is 0 Å². The molecule has 17 heavy (non-hydrogen) atoms. The van der Waals surface area contributed by atoms with Crippen molar-refractivity contribution in [2.24, 2.45) is 0 Å². The molecular weight excluding hydrogens is 234 g/mol. The van der Waals surface area contributed by atoms with Crippen LogP contribution in [0.5, 0.6) is 0 Å². The topological polar surface area (TPSA) is 46.2 Å². The fourth-order valence-electron chi connectivity index (χ4n) is 2.67. The van der Waals surface area contributed by atoms with Crippen molar-refractivity contribution in [1.29, 1.82) is 0 Å². The Morgan fingerprint density at radius 1 is 1.24 bits per heavy atom. The molecule has 2 rings (SSSR count). The van der Waals surface area contributed by atoms with Gasteiger partial charge in [0.15, 0.2) is 9.84 Å². The van der Waals surface area contributed by atoms with Crippen molar-refractivity contribution in [2.75, 3.05) is 12.8 Å². The highest BCUT2D eigenvalue weighted by atomic mass is 32.2. The highest BCUT2D eigenvalue weighted by molar-refractivity contribution is 7.91. The monoisotopic (exact) mass is 253 g/mol. The summed E-state index contributed by atoms with van der Waals surface area (Å²) in [5.74, 6) is 0.266. The van der Waals surface area contributed by atoms with Gasteiger partial charge in [0.05, 0.1) is 10.6 Å². The summed E-state index contributed by atoms with van der Waals surface area (Å²) in [6, 6.07) is 4.07. The number of sulfone groups is 1. The molecule has 0 spiro atoms. The molecule has 1 aliphatic rings. The Labute approximate surface area is 103 Å². The second-order valence-corrected chi connectivity index (χ2v) is 6.79. The summed E-state index contributed by atoms with van der Waals surface area (Å²) >= 11 is 0. The summed E-state index contributed by atoms with van der Waals surface area (Å²) in [7, 11) is -1.22. The van der Waals surface area contributed by atoms with Gasteiger partial charge < -0.3 is 5.32 Å². The van der Waals surface area contributed by atoms with Crippen LogP contribution in [0.15, 0.2) is 17.0 Å².